The Morgan fingerprint density at radius 2 is 1.58 bits per heavy atom. The molecule has 1 heterocycles. The number of hydrogen-bond acceptors (Lipinski definition) is 2. The van der Waals surface area contributed by atoms with Crippen molar-refractivity contribution in [2.75, 3.05) is 33.2 Å². The van der Waals surface area contributed by atoms with Gasteiger partial charge in [-0.2, -0.15) is 0 Å². The minimum atomic E-state index is 1.16. The highest BCUT2D eigenvalue weighted by Crippen LogP contribution is 2.03. The highest BCUT2D eigenvalue weighted by atomic mass is 15.1. The first-order valence-corrected chi connectivity index (χ1v) is 5.29. The molecule has 0 radical (unpaired) electrons. The first-order chi connectivity index (χ1) is 5.89. The van der Waals surface area contributed by atoms with Gasteiger partial charge in [0.15, 0.2) is 0 Å². The second-order valence-corrected chi connectivity index (χ2v) is 3.82. The molecule has 0 atom stereocenters. The summed E-state index contributed by atoms with van der Waals surface area (Å²) < 4.78 is 0. The van der Waals surface area contributed by atoms with Gasteiger partial charge in [-0.15, -0.1) is 0 Å². The Bertz CT molecular complexity index is 92.0. The largest absolute Gasteiger partial charge is 0.315 e. The third-order valence-electron chi connectivity index (χ3n) is 2.56. The molecule has 0 aromatic carbocycles. The van der Waals surface area contributed by atoms with Gasteiger partial charge < -0.3 is 10.2 Å². The summed E-state index contributed by atoms with van der Waals surface area (Å²) >= 11 is 0. The third kappa shape index (κ3) is 4.73. The van der Waals surface area contributed by atoms with Crippen molar-refractivity contribution in [2.45, 2.75) is 32.1 Å². The number of rotatable bonds is 0. The molecule has 1 fully saturated rings. The van der Waals surface area contributed by atoms with Gasteiger partial charge >= 0.3 is 0 Å². The van der Waals surface area contributed by atoms with Crippen molar-refractivity contribution in [3.8, 4) is 0 Å². The van der Waals surface area contributed by atoms with Crippen molar-refractivity contribution >= 4 is 0 Å². The summed E-state index contributed by atoms with van der Waals surface area (Å²) in [4.78, 5) is 2.43. The number of nitrogens with zero attached hydrogens (tertiary/aromatic N) is 1. The molecule has 0 saturated carbocycles. The average Bonchev–Trinajstić information content (AvgIpc) is 2.11. The topological polar surface area (TPSA) is 15.3 Å². The van der Waals surface area contributed by atoms with Crippen molar-refractivity contribution in [3.05, 3.63) is 0 Å². The molecular formula is C10H22N2. The Morgan fingerprint density at radius 3 is 2.50 bits per heavy atom. The molecule has 1 aliphatic rings. The van der Waals surface area contributed by atoms with Gasteiger partial charge in [-0.3, -0.25) is 0 Å². The van der Waals surface area contributed by atoms with Crippen molar-refractivity contribution in [1.29, 1.82) is 0 Å². The average molecular weight is 170 g/mol. The van der Waals surface area contributed by atoms with E-state index in [-0.39, 0.29) is 0 Å². The SMILES string of the molecule is CN1CCCCCCCNCC1. The molecule has 1 saturated heterocycles. The third-order valence-corrected chi connectivity index (χ3v) is 2.56. The normalized spacial score (nSPS) is 24.8. The second-order valence-electron chi connectivity index (χ2n) is 3.82. The minimum Gasteiger partial charge on any atom is -0.315 e. The summed E-state index contributed by atoms with van der Waals surface area (Å²) in [5, 5.41) is 3.47. The lowest BCUT2D eigenvalue weighted by molar-refractivity contribution is 0.326. The standard InChI is InChI=1S/C10H22N2/c1-12-9-6-4-2-3-5-7-11-8-10-12/h11H,2-10H2,1H3. The fourth-order valence-corrected chi connectivity index (χ4v) is 1.67. The Kier molecular flexibility index (Phi) is 5.37. The Morgan fingerprint density at radius 1 is 0.833 bits per heavy atom. The highest BCUT2D eigenvalue weighted by Gasteiger charge is 1.99. The smallest absolute Gasteiger partial charge is 0.0104 e. The predicted molar refractivity (Wildman–Crippen MR) is 53.5 cm³/mol. The van der Waals surface area contributed by atoms with Crippen LogP contribution in [0.25, 0.3) is 0 Å². The summed E-state index contributed by atoms with van der Waals surface area (Å²) in [6.07, 6.45) is 7.01. The zero-order valence-corrected chi connectivity index (χ0v) is 8.31. The van der Waals surface area contributed by atoms with Gasteiger partial charge in [-0.05, 0) is 33.0 Å². The molecule has 0 aromatic heterocycles. The van der Waals surface area contributed by atoms with E-state index < -0.39 is 0 Å². The van der Waals surface area contributed by atoms with Crippen LogP contribution in [0.3, 0.4) is 0 Å². The maximum absolute atomic E-state index is 3.47. The lowest BCUT2D eigenvalue weighted by Gasteiger charge is -2.15. The van der Waals surface area contributed by atoms with Gasteiger partial charge in [0.2, 0.25) is 0 Å². The number of nitrogens with one attached hydrogen (secondary N) is 1. The van der Waals surface area contributed by atoms with Crippen LogP contribution < -0.4 is 5.32 Å². The summed E-state index contributed by atoms with van der Waals surface area (Å²) in [5.41, 5.74) is 0. The number of likely N-dealkylation sites (N-methyl/N-ethyl adjacent to an activating group) is 1. The molecule has 0 aromatic rings. The van der Waals surface area contributed by atoms with Gasteiger partial charge in [0, 0.05) is 13.1 Å². The van der Waals surface area contributed by atoms with Crippen LogP contribution in [0.4, 0.5) is 0 Å². The predicted octanol–water partition coefficient (Wildman–Crippen LogP) is 1.47. The van der Waals surface area contributed by atoms with Gasteiger partial charge in [0.1, 0.15) is 0 Å². The molecular weight excluding hydrogens is 148 g/mol. The van der Waals surface area contributed by atoms with E-state index in [2.05, 4.69) is 17.3 Å². The molecule has 1 rings (SSSR count). The molecule has 0 amide bonds. The molecule has 0 spiro atoms. The van der Waals surface area contributed by atoms with Gasteiger partial charge in [0.25, 0.3) is 0 Å². The van der Waals surface area contributed by atoms with Crippen LogP contribution in [-0.4, -0.2) is 38.1 Å². The fourth-order valence-electron chi connectivity index (χ4n) is 1.67. The zero-order chi connectivity index (χ0) is 8.65. The fraction of sp³-hybridized carbons (Fsp3) is 1.00. The van der Waals surface area contributed by atoms with Gasteiger partial charge in [-0.25, -0.2) is 0 Å². The maximum atomic E-state index is 3.47. The van der Waals surface area contributed by atoms with Crippen LogP contribution in [0.15, 0.2) is 0 Å². The van der Waals surface area contributed by atoms with E-state index in [1.807, 2.05) is 0 Å². The molecule has 12 heavy (non-hydrogen) atoms. The van der Waals surface area contributed by atoms with Crippen molar-refractivity contribution in [3.63, 3.8) is 0 Å². The van der Waals surface area contributed by atoms with E-state index in [4.69, 9.17) is 0 Å². The van der Waals surface area contributed by atoms with Crippen LogP contribution in [0.2, 0.25) is 0 Å². The van der Waals surface area contributed by atoms with Gasteiger partial charge in [0.05, 0.1) is 0 Å². The molecule has 2 nitrogen and oxygen atoms in total. The monoisotopic (exact) mass is 170 g/mol. The Hall–Kier alpha value is -0.0800. The first-order valence-electron chi connectivity index (χ1n) is 5.29. The quantitative estimate of drug-likeness (QED) is 0.592. The van der Waals surface area contributed by atoms with E-state index >= 15 is 0 Å². The molecule has 0 unspecified atom stereocenters. The molecule has 1 N–H and O–H groups in total. The highest BCUT2D eigenvalue weighted by molar-refractivity contribution is 4.58. The number of hydrogen-bond donors (Lipinski definition) is 1. The molecule has 72 valence electrons. The summed E-state index contributed by atoms with van der Waals surface area (Å²) in [6, 6.07) is 0. The van der Waals surface area contributed by atoms with E-state index in [1.165, 1.54) is 51.7 Å². The Balaban J connectivity index is 2.13. The summed E-state index contributed by atoms with van der Waals surface area (Å²) in [7, 11) is 2.22. The molecule has 2 heteroatoms. The van der Waals surface area contributed by atoms with Crippen LogP contribution >= 0.6 is 0 Å². The van der Waals surface area contributed by atoms with Crippen molar-refractivity contribution in [2.24, 2.45) is 0 Å². The van der Waals surface area contributed by atoms with Crippen LogP contribution in [-0.2, 0) is 0 Å². The zero-order valence-electron chi connectivity index (χ0n) is 8.31. The molecule has 0 aliphatic carbocycles. The second kappa shape index (κ2) is 6.44. The van der Waals surface area contributed by atoms with E-state index in [9.17, 15) is 0 Å². The van der Waals surface area contributed by atoms with Gasteiger partial charge in [-0.1, -0.05) is 19.3 Å². The van der Waals surface area contributed by atoms with E-state index in [0.29, 0.717) is 0 Å². The maximum Gasteiger partial charge on any atom is 0.0104 e. The van der Waals surface area contributed by atoms with Crippen molar-refractivity contribution < 1.29 is 0 Å². The summed E-state index contributed by atoms with van der Waals surface area (Å²) in [6.45, 7) is 4.87. The lowest BCUT2D eigenvalue weighted by Crippen LogP contribution is -2.30. The van der Waals surface area contributed by atoms with E-state index in [1.54, 1.807) is 0 Å². The van der Waals surface area contributed by atoms with Crippen LogP contribution in [0, 0.1) is 0 Å². The lowest BCUT2D eigenvalue weighted by atomic mass is 10.1. The minimum absolute atomic E-state index is 1.16. The van der Waals surface area contributed by atoms with Crippen LogP contribution in [0.5, 0.6) is 0 Å². The van der Waals surface area contributed by atoms with Crippen LogP contribution in [0.1, 0.15) is 32.1 Å². The first kappa shape index (κ1) is 10.0. The molecule has 1 aliphatic heterocycles. The van der Waals surface area contributed by atoms with E-state index in [0.717, 1.165) is 6.54 Å². The Labute approximate surface area is 76.3 Å². The summed E-state index contributed by atoms with van der Waals surface area (Å²) in [5.74, 6) is 0. The molecule has 0 bridgehead atoms. The van der Waals surface area contributed by atoms with Crippen molar-refractivity contribution in [1.82, 2.24) is 10.2 Å².